The molecule has 100 valence electrons. The molecule has 1 N–H and O–H groups in total. The molecule has 0 atom stereocenters. The highest BCUT2D eigenvalue weighted by Gasteiger charge is 2.03. The molecule has 0 spiro atoms. The van der Waals surface area contributed by atoms with Crippen molar-refractivity contribution < 1.29 is 4.74 Å². The Morgan fingerprint density at radius 1 is 1.21 bits per heavy atom. The van der Waals surface area contributed by atoms with Crippen LogP contribution in [0.1, 0.15) is 19.4 Å². The zero-order valence-corrected chi connectivity index (χ0v) is 12.9. The van der Waals surface area contributed by atoms with Crippen LogP contribution in [0.25, 0.3) is 0 Å². The Balaban J connectivity index is 2.10. The summed E-state index contributed by atoms with van der Waals surface area (Å²) in [6.45, 7) is 6.04. The summed E-state index contributed by atoms with van der Waals surface area (Å²) in [7, 11) is 0. The summed E-state index contributed by atoms with van der Waals surface area (Å²) in [5.74, 6) is 1.68. The van der Waals surface area contributed by atoms with Crippen LogP contribution in [0.2, 0.25) is 0 Å². The third-order valence-electron chi connectivity index (χ3n) is 2.47. The molecule has 0 bridgehead atoms. The van der Waals surface area contributed by atoms with Gasteiger partial charge in [0.25, 0.3) is 0 Å². The van der Waals surface area contributed by atoms with E-state index in [-0.39, 0.29) is 6.10 Å². The minimum atomic E-state index is 0.187. The van der Waals surface area contributed by atoms with Crippen LogP contribution >= 0.6 is 15.9 Å². The van der Waals surface area contributed by atoms with Crippen molar-refractivity contribution in [2.75, 3.05) is 5.32 Å². The maximum absolute atomic E-state index is 5.61. The van der Waals surface area contributed by atoms with Gasteiger partial charge in [-0.05, 0) is 72.6 Å². The van der Waals surface area contributed by atoms with E-state index in [1.54, 1.807) is 0 Å². The van der Waals surface area contributed by atoms with Crippen molar-refractivity contribution in [2.24, 2.45) is 0 Å². The largest absolute Gasteiger partial charge is 0.491 e. The standard InChI is InChI=1S/C15H17BrN2O/c1-10(2)19-13-6-4-12(5-7-13)18-15-14(16)8-11(3)9-17-15/h4-10H,1-3H3,(H,17,18). The molecule has 2 aromatic rings. The number of pyridine rings is 1. The fraction of sp³-hybridized carbons (Fsp3) is 0.267. The fourth-order valence-electron chi connectivity index (χ4n) is 1.65. The molecule has 0 saturated carbocycles. The van der Waals surface area contributed by atoms with Crippen molar-refractivity contribution in [2.45, 2.75) is 26.9 Å². The zero-order valence-electron chi connectivity index (χ0n) is 11.3. The maximum Gasteiger partial charge on any atom is 0.144 e. The average Bonchev–Trinajstić information content (AvgIpc) is 2.34. The minimum Gasteiger partial charge on any atom is -0.491 e. The molecule has 0 aliphatic carbocycles. The topological polar surface area (TPSA) is 34.2 Å². The van der Waals surface area contributed by atoms with Gasteiger partial charge in [-0.3, -0.25) is 0 Å². The van der Waals surface area contributed by atoms with Crippen molar-refractivity contribution in [3.05, 3.63) is 46.6 Å². The Morgan fingerprint density at radius 3 is 2.47 bits per heavy atom. The number of aryl methyl sites for hydroxylation is 1. The average molecular weight is 321 g/mol. The summed E-state index contributed by atoms with van der Waals surface area (Å²) in [4.78, 5) is 4.35. The van der Waals surface area contributed by atoms with Crippen LogP contribution in [0.15, 0.2) is 41.0 Å². The van der Waals surface area contributed by atoms with Gasteiger partial charge in [0.1, 0.15) is 11.6 Å². The van der Waals surface area contributed by atoms with E-state index < -0.39 is 0 Å². The lowest BCUT2D eigenvalue weighted by Crippen LogP contribution is -2.05. The Morgan fingerprint density at radius 2 is 1.89 bits per heavy atom. The monoisotopic (exact) mass is 320 g/mol. The number of rotatable bonds is 4. The lowest BCUT2D eigenvalue weighted by Gasteiger charge is -2.11. The van der Waals surface area contributed by atoms with Gasteiger partial charge in [-0.15, -0.1) is 0 Å². The van der Waals surface area contributed by atoms with Crippen molar-refractivity contribution in [1.29, 1.82) is 0 Å². The molecular weight excluding hydrogens is 304 g/mol. The summed E-state index contributed by atoms with van der Waals surface area (Å²) < 4.78 is 6.56. The second-order valence-electron chi connectivity index (χ2n) is 4.66. The third kappa shape index (κ3) is 3.96. The third-order valence-corrected chi connectivity index (χ3v) is 3.07. The Hall–Kier alpha value is -1.55. The normalized spacial score (nSPS) is 10.6. The molecule has 0 saturated heterocycles. The molecule has 0 aliphatic rings. The number of benzene rings is 1. The van der Waals surface area contributed by atoms with E-state index in [1.807, 2.05) is 57.3 Å². The van der Waals surface area contributed by atoms with Crippen molar-refractivity contribution in [1.82, 2.24) is 4.98 Å². The summed E-state index contributed by atoms with van der Waals surface area (Å²) >= 11 is 3.50. The van der Waals surface area contributed by atoms with E-state index in [2.05, 4.69) is 26.2 Å². The molecule has 0 amide bonds. The van der Waals surface area contributed by atoms with Crippen LogP contribution in [0.4, 0.5) is 11.5 Å². The molecular formula is C15H17BrN2O. The van der Waals surface area contributed by atoms with Gasteiger partial charge in [0.05, 0.1) is 10.6 Å². The Labute approximate surface area is 122 Å². The summed E-state index contributed by atoms with van der Waals surface area (Å²) in [6, 6.07) is 9.89. The number of nitrogens with one attached hydrogen (secondary N) is 1. The number of nitrogens with zero attached hydrogens (tertiary/aromatic N) is 1. The van der Waals surface area contributed by atoms with E-state index in [0.29, 0.717) is 0 Å². The van der Waals surface area contributed by atoms with Crippen molar-refractivity contribution >= 4 is 27.4 Å². The van der Waals surface area contributed by atoms with Gasteiger partial charge in [-0.2, -0.15) is 0 Å². The van der Waals surface area contributed by atoms with Crippen LogP contribution in [-0.4, -0.2) is 11.1 Å². The van der Waals surface area contributed by atoms with E-state index in [1.165, 1.54) is 0 Å². The molecule has 4 heteroatoms. The quantitative estimate of drug-likeness (QED) is 0.887. The highest BCUT2D eigenvalue weighted by Crippen LogP contribution is 2.25. The lowest BCUT2D eigenvalue weighted by molar-refractivity contribution is 0.242. The first-order valence-electron chi connectivity index (χ1n) is 6.20. The highest BCUT2D eigenvalue weighted by atomic mass is 79.9. The van der Waals surface area contributed by atoms with Gasteiger partial charge < -0.3 is 10.1 Å². The number of anilines is 2. The molecule has 0 fully saturated rings. The number of hydrogen-bond acceptors (Lipinski definition) is 3. The van der Waals surface area contributed by atoms with Crippen LogP contribution < -0.4 is 10.1 Å². The number of ether oxygens (including phenoxy) is 1. The fourth-order valence-corrected chi connectivity index (χ4v) is 2.21. The first-order chi connectivity index (χ1) is 9.04. The van der Waals surface area contributed by atoms with E-state index >= 15 is 0 Å². The second-order valence-corrected chi connectivity index (χ2v) is 5.51. The van der Waals surface area contributed by atoms with Gasteiger partial charge in [-0.1, -0.05) is 0 Å². The molecule has 0 aliphatic heterocycles. The molecule has 1 aromatic heterocycles. The molecule has 1 heterocycles. The van der Waals surface area contributed by atoms with Gasteiger partial charge in [0.15, 0.2) is 0 Å². The van der Waals surface area contributed by atoms with E-state index in [9.17, 15) is 0 Å². The van der Waals surface area contributed by atoms with Crippen molar-refractivity contribution in [3.63, 3.8) is 0 Å². The Bertz CT molecular complexity index is 553. The first kappa shape index (κ1) is 13.9. The van der Waals surface area contributed by atoms with Gasteiger partial charge in [0.2, 0.25) is 0 Å². The molecule has 2 rings (SSSR count). The predicted molar refractivity (Wildman–Crippen MR) is 82.2 cm³/mol. The van der Waals surface area contributed by atoms with Crippen LogP contribution in [-0.2, 0) is 0 Å². The molecule has 19 heavy (non-hydrogen) atoms. The van der Waals surface area contributed by atoms with Gasteiger partial charge >= 0.3 is 0 Å². The second kappa shape index (κ2) is 6.06. The van der Waals surface area contributed by atoms with Crippen LogP contribution in [0, 0.1) is 6.92 Å². The first-order valence-corrected chi connectivity index (χ1v) is 7.00. The zero-order chi connectivity index (χ0) is 13.8. The van der Waals surface area contributed by atoms with Crippen molar-refractivity contribution in [3.8, 4) is 5.75 Å². The van der Waals surface area contributed by atoms with E-state index in [0.717, 1.165) is 27.3 Å². The lowest BCUT2D eigenvalue weighted by atomic mass is 10.3. The molecule has 3 nitrogen and oxygen atoms in total. The van der Waals surface area contributed by atoms with E-state index in [4.69, 9.17) is 4.74 Å². The van der Waals surface area contributed by atoms with Crippen LogP contribution in [0.5, 0.6) is 5.75 Å². The van der Waals surface area contributed by atoms with Gasteiger partial charge in [-0.25, -0.2) is 4.98 Å². The number of hydrogen-bond donors (Lipinski definition) is 1. The maximum atomic E-state index is 5.61. The Kier molecular flexibility index (Phi) is 4.43. The van der Waals surface area contributed by atoms with Crippen LogP contribution in [0.3, 0.4) is 0 Å². The summed E-state index contributed by atoms with van der Waals surface area (Å²) in [6.07, 6.45) is 2.02. The highest BCUT2D eigenvalue weighted by molar-refractivity contribution is 9.10. The molecule has 0 radical (unpaired) electrons. The van der Waals surface area contributed by atoms with Gasteiger partial charge in [0, 0.05) is 11.9 Å². The summed E-state index contributed by atoms with van der Waals surface area (Å²) in [5, 5.41) is 3.27. The molecule has 0 unspecified atom stereocenters. The number of aromatic nitrogens is 1. The minimum absolute atomic E-state index is 0.187. The SMILES string of the molecule is Cc1cnc(Nc2ccc(OC(C)C)cc2)c(Br)c1. The smallest absolute Gasteiger partial charge is 0.144 e. The summed E-state index contributed by atoms with van der Waals surface area (Å²) in [5.41, 5.74) is 2.10. The molecule has 1 aromatic carbocycles. The predicted octanol–water partition coefficient (Wildman–Crippen LogP) is 4.68. The number of halogens is 1.